The summed E-state index contributed by atoms with van der Waals surface area (Å²) in [7, 11) is 4.63. The van der Waals surface area contributed by atoms with E-state index < -0.39 is 0 Å². The standard InChI is InChI=1S/C18H19N5O4/c1-25-14-8-12(9-15(26-2)16(14)27-3)22-18-20-10-19-17(23-18)21-11-4-6-13(24)7-5-11/h4-10,24H,1-3H3,(H2,19,20,21,22,23). The molecule has 3 N–H and O–H groups in total. The Hall–Kier alpha value is -3.75. The second kappa shape index (κ2) is 8.09. The Labute approximate surface area is 156 Å². The van der Waals surface area contributed by atoms with E-state index in [-0.39, 0.29) is 5.75 Å². The van der Waals surface area contributed by atoms with Crippen LogP contribution < -0.4 is 24.8 Å². The van der Waals surface area contributed by atoms with E-state index in [0.29, 0.717) is 34.8 Å². The number of methoxy groups -OCH3 is 3. The molecule has 0 aliphatic heterocycles. The lowest BCUT2D eigenvalue weighted by atomic mass is 10.2. The largest absolute Gasteiger partial charge is 0.508 e. The number of anilines is 4. The van der Waals surface area contributed by atoms with Crippen molar-refractivity contribution in [3.05, 3.63) is 42.7 Å². The Bertz CT molecular complexity index is 893. The minimum absolute atomic E-state index is 0.181. The number of aromatic nitrogens is 3. The van der Waals surface area contributed by atoms with Gasteiger partial charge in [0.05, 0.1) is 21.3 Å². The number of nitrogens with zero attached hydrogens (tertiary/aromatic N) is 3. The number of rotatable bonds is 7. The molecular weight excluding hydrogens is 350 g/mol. The highest BCUT2D eigenvalue weighted by atomic mass is 16.5. The van der Waals surface area contributed by atoms with Crippen LogP contribution in [0.15, 0.2) is 42.7 Å². The predicted octanol–water partition coefficient (Wildman–Crippen LogP) is 3.09. The zero-order valence-corrected chi connectivity index (χ0v) is 15.1. The fourth-order valence-electron chi connectivity index (χ4n) is 2.37. The monoisotopic (exact) mass is 369 g/mol. The first-order valence-electron chi connectivity index (χ1n) is 7.95. The molecule has 1 heterocycles. The number of benzene rings is 2. The van der Waals surface area contributed by atoms with Crippen molar-refractivity contribution in [2.45, 2.75) is 0 Å². The van der Waals surface area contributed by atoms with Crippen LogP contribution in [0.2, 0.25) is 0 Å². The second-order valence-electron chi connectivity index (χ2n) is 5.34. The lowest BCUT2D eigenvalue weighted by Gasteiger charge is -2.14. The summed E-state index contributed by atoms with van der Waals surface area (Å²) in [6.45, 7) is 0. The molecule has 9 nitrogen and oxygen atoms in total. The molecule has 0 unspecified atom stereocenters. The molecule has 0 spiro atoms. The van der Waals surface area contributed by atoms with Crippen molar-refractivity contribution in [2.75, 3.05) is 32.0 Å². The average molecular weight is 369 g/mol. The quantitative estimate of drug-likeness (QED) is 0.541. The van der Waals surface area contributed by atoms with Crippen LogP contribution in [0.3, 0.4) is 0 Å². The van der Waals surface area contributed by atoms with E-state index in [1.54, 1.807) is 57.7 Å². The van der Waals surface area contributed by atoms with Gasteiger partial charge >= 0.3 is 0 Å². The van der Waals surface area contributed by atoms with E-state index in [9.17, 15) is 5.11 Å². The highest BCUT2D eigenvalue weighted by Gasteiger charge is 2.14. The topological polar surface area (TPSA) is 111 Å². The van der Waals surface area contributed by atoms with E-state index in [1.807, 2.05) is 0 Å². The molecule has 1 aromatic heterocycles. The molecule has 27 heavy (non-hydrogen) atoms. The Balaban J connectivity index is 1.82. The van der Waals surface area contributed by atoms with Crippen molar-refractivity contribution in [2.24, 2.45) is 0 Å². The highest BCUT2D eigenvalue weighted by Crippen LogP contribution is 2.40. The minimum Gasteiger partial charge on any atom is -0.508 e. The van der Waals surface area contributed by atoms with Crippen molar-refractivity contribution < 1.29 is 19.3 Å². The van der Waals surface area contributed by atoms with Crippen LogP contribution in [0.5, 0.6) is 23.0 Å². The van der Waals surface area contributed by atoms with Gasteiger partial charge in [0.1, 0.15) is 12.1 Å². The zero-order valence-electron chi connectivity index (χ0n) is 15.1. The molecule has 0 saturated carbocycles. The minimum atomic E-state index is 0.181. The molecule has 0 radical (unpaired) electrons. The maximum Gasteiger partial charge on any atom is 0.232 e. The summed E-state index contributed by atoms with van der Waals surface area (Å²) in [4.78, 5) is 12.5. The van der Waals surface area contributed by atoms with Crippen LogP contribution >= 0.6 is 0 Å². The van der Waals surface area contributed by atoms with Crippen molar-refractivity contribution in [1.82, 2.24) is 15.0 Å². The van der Waals surface area contributed by atoms with E-state index in [1.165, 1.54) is 6.33 Å². The van der Waals surface area contributed by atoms with Gasteiger partial charge in [-0.25, -0.2) is 9.97 Å². The highest BCUT2D eigenvalue weighted by molar-refractivity contribution is 5.66. The number of hydrogen-bond donors (Lipinski definition) is 3. The molecule has 0 aliphatic rings. The normalized spacial score (nSPS) is 10.2. The smallest absolute Gasteiger partial charge is 0.232 e. The molecule has 0 saturated heterocycles. The van der Waals surface area contributed by atoms with Crippen molar-refractivity contribution in [1.29, 1.82) is 0 Å². The van der Waals surface area contributed by atoms with Gasteiger partial charge in [0.25, 0.3) is 0 Å². The van der Waals surface area contributed by atoms with Gasteiger partial charge in [0.2, 0.25) is 17.6 Å². The lowest BCUT2D eigenvalue weighted by molar-refractivity contribution is 0.324. The molecule has 0 bridgehead atoms. The third-order valence-corrected chi connectivity index (χ3v) is 3.62. The molecule has 0 aliphatic carbocycles. The van der Waals surface area contributed by atoms with Gasteiger partial charge in [-0.1, -0.05) is 0 Å². The number of hydrogen-bond acceptors (Lipinski definition) is 9. The Morgan fingerprint density at radius 1 is 0.778 bits per heavy atom. The van der Waals surface area contributed by atoms with Crippen LogP contribution in [0, 0.1) is 0 Å². The fraction of sp³-hybridized carbons (Fsp3) is 0.167. The Morgan fingerprint density at radius 2 is 1.33 bits per heavy atom. The molecule has 0 atom stereocenters. The van der Waals surface area contributed by atoms with Gasteiger partial charge in [-0.3, -0.25) is 0 Å². The Kier molecular flexibility index (Phi) is 5.41. The predicted molar refractivity (Wildman–Crippen MR) is 101 cm³/mol. The van der Waals surface area contributed by atoms with Crippen LogP contribution in [0.1, 0.15) is 0 Å². The van der Waals surface area contributed by atoms with E-state index >= 15 is 0 Å². The van der Waals surface area contributed by atoms with Gasteiger partial charge in [0, 0.05) is 23.5 Å². The number of ether oxygens (including phenoxy) is 3. The third-order valence-electron chi connectivity index (χ3n) is 3.62. The molecular formula is C18H19N5O4. The Morgan fingerprint density at radius 3 is 1.85 bits per heavy atom. The first kappa shape index (κ1) is 18.1. The first-order valence-corrected chi connectivity index (χ1v) is 7.95. The summed E-state index contributed by atoms with van der Waals surface area (Å²) in [5, 5.41) is 15.5. The van der Waals surface area contributed by atoms with Gasteiger partial charge in [-0.05, 0) is 24.3 Å². The third kappa shape index (κ3) is 4.27. The summed E-state index contributed by atoms with van der Waals surface area (Å²) < 4.78 is 16.0. The summed E-state index contributed by atoms with van der Waals surface area (Å²) in [5.41, 5.74) is 1.39. The maximum absolute atomic E-state index is 9.35. The number of phenols is 1. The molecule has 2 aromatic carbocycles. The van der Waals surface area contributed by atoms with E-state index in [2.05, 4.69) is 25.6 Å². The maximum atomic E-state index is 9.35. The number of phenolic OH excluding ortho intramolecular Hbond substituents is 1. The van der Waals surface area contributed by atoms with Gasteiger partial charge < -0.3 is 30.0 Å². The second-order valence-corrected chi connectivity index (χ2v) is 5.34. The van der Waals surface area contributed by atoms with Gasteiger partial charge in [0.15, 0.2) is 11.5 Å². The van der Waals surface area contributed by atoms with E-state index in [0.717, 1.165) is 5.69 Å². The number of aromatic hydroxyl groups is 1. The van der Waals surface area contributed by atoms with Gasteiger partial charge in [-0.2, -0.15) is 4.98 Å². The van der Waals surface area contributed by atoms with Crippen LogP contribution in [-0.2, 0) is 0 Å². The van der Waals surface area contributed by atoms with Crippen LogP contribution in [-0.4, -0.2) is 41.4 Å². The first-order chi connectivity index (χ1) is 13.1. The molecule has 3 rings (SSSR count). The summed E-state index contributed by atoms with van der Waals surface area (Å²) in [6, 6.07) is 10.1. The lowest BCUT2D eigenvalue weighted by Crippen LogP contribution is -2.03. The number of nitrogens with one attached hydrogen (secondary N) is 2. The van der Waals surface area contributed by atoms with Crippen molar-refractivity contribution >= 4 is 23.3 Å². The van der Waals surface area contributed by atoms with Crippen molar-refractivity contribution in [3.8, 4) is 23.0 Å². The molecule has 3 aromatic rings. The zero-order chi connectivity index (χ0) is 19.2. The SMILES string of the molecule is COc1cc(Nc2ncnc(Nc3ccc(O)cc3)n2)cc(OC)c1OC. The molecule has 0 amide bonds. The van der Waals surface area contributed by atoms with Crippen molar-refractivity contribution in [3.63, 3.8) is 0 Å². The van der Waals surface area contributed by atoms with E-state index in [4.69, 9.17) is 14.2 Å². The van der Waals surface area contributed by atoms with Gasteiger partial charge in [-0.15, -0.1) is 0 Å². The molecule has 0 fully saturated rings. The van der Waals surface area contributed by atoms with Crippen LogP contribution in [0.25, 0.3) is 0 Å². The molecule has 9 heteroatoms. The summed E-state index contributed by atoms with van der Waals surface area (Å²) >= 11 is 0. The molecule has 140 valence electrons. The summed E-state index contributed by atoms with van der Waals surface area (Å²) in [5.74, 6) is 2.38. The summed E-state index contributed by atoms with van der Waals surface area (Å²) in [6.07, 6.45) is 1.38. The average Bonchev–Trinajstić information content (AvgIpc) is 2.69. The van der Waals surface area contributed by atoms with Crippen LogP contribution in [0.4, 0.5) is 23.3 Å². The fourth-order valence-corrected chi connectivity index (χ4v) is 2.37.